The van der Waals surface area contributed by atoms with Crippen molar-refractivity contribution in [3.05, 3.63) is 50.7 Å². The third-order valence-corrected chi connectivity index (χ3v) is 6.15. The highest BCUT2D eigenvalue weighted by molar-refractivity contribution is 9.09. The summed E-state index contributed by atoms with van der Waals surface area (Å²) in [6, 6.07) is 6.87. The molecule has 21 heavy (non-hydrogen) atoms. The Labute approximate surface area is 140 Å². The van der Waals surface area contributed by atoms with Crippen molar-refractivity contribution in [3.63, 3.8) is 0 Å². The maximum atomic E-state index is 5.32. The molecule has 114 valence electrons. The standard InChI is InChI=1S/C18H23BrOS/c1-5-12-8-13(6-2)17(14(7-3)9-12)18(19)16-10-15(20-4)11-21-16/h8-11,18H,5-7H2,1-4H3. The first kappa shape index (κ1) is 16.6. The monoisotopic (exact) mass is 366 g/mol. The molecular weight excluding hydrogens is 344 g/mol. The lowest BCUT2D eigenvalue weighted by Gasteiger charge is -2.19. The zero-order chi connectivity index (χ0) is 15.4. The van der Waals surface area contributed by atoms with E-state index in [2.05, 4.69) is 60.3 Å². The van der Waals surface area contributed by atoms with E-state index in [1.54, 1.807) is 18.4 Å². The highest BCUT2D eigenvalue weighted by Gasteiger charge is 2.20. The van der Waals surface area contributed by atoms with Crippen LogP contribution in [0.5, 0.6) is 5.75 Å². The molecule has 0 spiro atoms. The van der Waals surface area contributed by atoms with Gasteiger partial charge in [0.05, 0.1) is 11.9 Å². The van der Waals surface area contributed by atoms with Gasteiger partial charge >= 0.3 is 0 Å². The van der Waals surface area contributed by atoms with Crippen molar-refractivity contribution >= 4 is 27.3 Å². The predicted octanol–water partition coefficient (Wildman–Crippen LogP) is 5.93. The van der Waals surface area contributed by atoms with Gasteiger partial charge < -0.3 is 4.74 Å². The number of hydrogen-bond donors (Lipinski definition) is 0. The normalized spacial score (nSPS) is 12.4. The average molecular weight is 367 g/mol. The Balaban J connectivity index is 2.50. The molecule has 0 aliphatic rings. The molecule has 0 saturated heterocycles. The Morgan fingerprint density at radius 3 is 2.10 bits per heavy atom. The van der Waals surface area contributed by atoms with Gasteiger partial charge in [-0.1, -0.05) is 48.8 Å². The van der Waals surface area contributed by atoms with E-state index in [1.807, 2.05) is 0 Å². The number of ether oxygens (including phenoxy) is 1. The molecule has 0 aliphatic heterocycles. The molecule has 1 aromatic carbocycles. The Bertz CT molecular complexity index is 578. The van der Waals surface area contributed by atoms with Crippen molar-refractivity contribution in [2.24, 2.45) is 0 Å². The van der Waals surface area contributed by atoms with Crippen LogP contribution in [0.3, 0.4) is 0 Å². The number of rotatable bonds is 6. The summed E-state index contributed by atoms with van der Waals surface area (Å²) < 4.78 is 5.32. The van der Waals surface area contributed by atoms with Crippen LogP contribution in [0.4, 0.5) is 0 Å². The van der Waals surface area contributed by atoms with Crippen LogP contribution in [-0.2, 0) is 19.3 Å². The Morgan fingerprint density at radius 2 is 1.67 bits per heavy atom. The molecule has 0 saturated carbocycles. The predicted molar refractivity (Wildman–Crippen MR) is 96.2 cm³/mol. The lowest BCUT2D eigenvalue weighted by atomic mass is 9.91. The third-order valence-electron chi connectivity index (χ3n) is 3.92. The van der Waals surface area contributed by atoms with E-state index in [0.29, 0.717) is 0 Å². The molecule has 0 radical (unpaired) electrons. The fourth-order valence-electron chi connectivity index (χ4n) is 2.68. The lowest BCUT2D eigenvalue weighted by molar-refractivity contribution is 0.416. The van der Waals surface area contributed by atoms with E-state index in [9.17, 15) is 0 Å². The number of benzene rings is 1. The van der Waals surface area contributed by atoms with Crippen LogP contribution in [0.1, 0.15) is 52.7 Å². The summed E-state index contributed by atoms with van der Waals surface area (Å²) in [5.74, 6) is 0.945. The molecule has 1 unspecified atom stereocenters. The van der Waals surface area contributed by atoms with E-state index in [1.165, 1.54) is 27.1 Å². The molecule has 1 nitrogen and oxygen atoms in total. The topological polar surface area (TPSA) is 9.23 Å². The van der Waals surface area contributed by atoms with Crippen molar-refractivity contribution in [3.8, 4) is 5.75 Å². The molecule has 0 fully saturated rings. The Hall–Kier alpha value is -0.800. The van der Waals surface area contributed by atoms with Crippen LogP contribution in [-0.4, -0.2) is 7.11 Å². The van der Waals surface area contributed by atoms with Gasteiger partial charge in [-0.25, -0.2) is 0 Å². The van der Waals surface area contributed by atoms with Crippen LogP contribution in [0.15, 0.2) is 23.6 Å². The van der Waals surface area contributed by atoms with Gasteiger partial charge in [0.15, 0.2) is 0 Å². The SMILES string of the molecule is CCc1cc(CC)c(C(Br)c2cc(OC)cs2)c(CC)c1. The van der Waals surface area contributed by atoms with Gasteiger partial charge in [-0.2, -0.15) is 0 Å². The molecule has 2 aromatic rings. The summed E-state index contributed by atoms with van der Waals surface area (Å²) >= 11 is 5.67. The highest BCUT2D eigenvalue weighted by Crippen LogP contribution is 2.40. The van der Waals surface area contributed by atoms with Crippen LogP contribution in [0.25, 0.3) is 0 Å². The molecule has 1 aromatic heterocycles. The summed E-state index contributed by atoms with van der Waals surface area (Å²) in [6.07, 6.45) is 3.24. The van der Waals surface area contributed by atoms with Crippen LogP contribution in [0.2, 0.25) is 0 Å². The van der Waals surface area contributed by atoms with Gasteiger partial charge in [0.2, 0.25) is 0 Å². The number of methoxy groups -OCH3 is 1. The largest absolute Gasteiger partial charge is 0.496 e. The van der Waals surface area contributed by atoms with Gasteiger partial charge in [-0.15, -0.1) is 11.3 Å². The van der Waals surface area contributed by atoms with Crippen molar-refractivity contribution in [2.75, 3.05) is 7.11 Å². The lowest BCUT2D eigenvalue weighted by Crippen LogP contribution is -2.04. The van der Waals surface area contributed by atoms with Crippen LogP contribution >= 0.6 is 27.3 Å². The molecule has 0 aliphatic carbocycles. The van der Waals surface area contributed by atoms with E-state index < -0.39 is 0 Å². The minimum atomic E-state index is 0.252. The van der Waals surface area contributed by atoms with Crippen molar-refractivity contribution in [1.82, 2.24) is 0 Å². The van der Waals surface area contributed by atoms with E-state index >= 15 is 0 Å². The van der Waals surface area contributed by atoms with Crippen molar-refractivity contribution < 1.29 is 4.74 Å². The Kier molecular flexibility index (Phi) is 5.88. The van der Waals surface area contributed by atoms with Crippen LogP contribution < -0.4 is 4.74 Å². The molecule has 1 atom stereocenters. The van der Waals surface area contributed by atoms with E-state index in [0.717, 1.165) is 25.0 Å². The fourth-order valence-corrected chi connectivity index (χ4v) is 4.56. The zero-order valence-corrected chi connectivity index (χ0v) is 15.6. The number of halogens is 1. The summed E-state index contributed by atoms with van der Waals surface area (Å²) in [5, 5.41) is 2.07. The van der Waals surface area contributed by atoms with Gasteiger partial charge in [0.1, 0.15) is 5.75 Å². The van der Waals surface area contributed by atoms with E-state index in [-0.39, 0.29) is 4.83 Å². The highest BCUT2D eigenvalue weighted by atomic mass is 79.9. The van der Waals surface area contributed by atoms with Gasteiger partial charge in [-0.05, 0) is 47.6 Å². The minimum absolute atomic E-state index is 0.252. The molecule has 1 heterocycles. The summed E-state index contributed by atoms with van der Waals surface area (Å²) in [5.41, 5.74) is 5.80. The van der Waals surface area contributed by atoms with Crippen molar-refractivity contribution in [1.29, 1.82) is 0 Å². The molecule has 0 amide bonds. The number of hydrogen-bond acceptors (Lipinski definition) is 2. The third kappa shape index (κ3) is 3.51. The van der Waals surface area contributed by atoms with Gasteiger partial charge in [0, 0.05) is 10.3 Å². The van der Waals surface area contributed by atoms with Crippen LogP contribution in [0, 0.1) is 0 Å². The molecule has 0 N–H and O–H groups in total. The first-order valence-corrected chi connectivity index (χ1v) is 9.35. The number of aryl methyl sites for hydroxylation is 3. The second kappa shape index (κ2) is 7.46. The number of thiophene rings is 1. The quantitative estimate of drug-likeness (QED) is 0.575. The summed E-state index contributed by atoms with van der Waals surface area (Å²) in [6.45, 7) is 6.71. The summed E-state index contributed by atoms with van der Waals surface area (Å²) in [4.78, 5) is 1.56. The number of alkyl halides is 1. The second-order valence-electron chi connectivity index (χ2n) is 5.14. The summed E-state index contributed by atoms with van der Waals surface area (Å²) in [7, 11) is 1.72. The minimum Gasteiger partial charge on any atom is -0.496 e. The molecule has 0 bridgehead atoms. The van der Waals surface area contributed by atoms with Gasteiger partial charge in [-0.3, -0.25) is 0 Å². The molecule has 3 heteroatoms. The smallest absolute Gasteiger partial charge is 0.129 e. The fraction of sp³-hybridized carbons (Fsp3) is 0.444. The Morgan fingerprint density at radius 1 is 1.05 bits per heavy atom. The maximum Gasteiger partial charge on any atom is 0.129 e. The van der Waals surface area contributed by atoms with Crippen molar-refractivity contribution in [2.45, 2.75) is 44.9 Å². The maximum absolute atomic E-state index is 5.32. The van der Waals surface area contributed by atoms with E-state index in [4.69, 9.17) is 4.74 Å². The first-order valence-electron chi connectivity index (χ1n) is 7.55. The first-order chi connectivity index (χ1) is 10.1. The second-order valence-corrected chi connectivity index (χ2v) is 7.00. The molecular formula is C18H23BrOS. The zero-order valence-electron chi connectivity index (χ0n) is 13.2. The average Bonchev–Trinajstić information content (AvgIpc) is 3.01. The molecule has 2 rings (SSSR count). The van der Waals surface area contributed by atoms with Gasteiger partial charge in [0.25, 0.3) is 0 Å².